The van der Waals surface area contributed by atoms with Crippen LogP contribution in [-0.2, 0) is 4.79 Å². The minimum atomic E-state index is -0.119. The number of ether oxygens (including phenoxy) is 1. The van der Waals surface area contributed by atoms with Crippen molar-refractivity contribution in [1.82, 2.24) is 4.98 Å². The summed E-state index contributed by atoms with van der Waals surface area (Å²) in [6.45, 7) is 2.13. The van der Waals surface area contributed by atoms with Crippen LogP contribution in [0, 0.1) is 6.92 Å². The first-order valence-electron chi connectivity index (χ1n) is 6.46. The van der Waals surface area contributed by atoms with E-state index >= 15 is 0 Å². The van der Waals surface area contributed by atoms with Gasteiger partial charge in [-0.1, -0.05) is 6.07 Å². The number of nitrogens with one attached hydrogen (secondary N) is 1. The largest absolute Gasteiger partial charge is 0.493 e. The number of nitrogen functional groups attached to an aromatic ring is 1. The van der Waals surface area contributed by atoms with Crippen LogP contribution < -0.4 is 15.8 Å². The summed E-state index contributed by atoms with van der Waals surface area (Å²) in [7, 11) is 0. The number of nitrogens with zero attached hydrogens (tertiary/aromatic N) is 1. The zero-order chi connectivity index (χ0) is 15.2. The number of nitrogens with two attached hydrogens (primary N) is 1. The van der Waals surface area contributed by atoms with E-state index in [1.807, 2.05) is 19.1 Å². The van der Waals surface area contributed by atoms with E-state index in [9.17, 15) is 4.79 Å². The average molecular weight is 350 g/mol. The van der Waals surface area contributed by atoms with Crippen molar-refractivity contribution >= 4 is 33.2 Å². The third-order valence-electron chi connectivity index (χ3n) is 2.78. The molecule has 1 aromatic heterocycles. The van der Waals surface area contributed by atoms with Gasteiger partial charge in [-0.05, 0) is 47.1 Å². The molecule has 0 saturated heterocycles. The van der Waals surface area contributed by atoms with Crippen LogP contribution in [-0.4, -0.2) is 17.5 Å². The molecule has 1 heterocycles. The maximum Gasteiger partial charge on any atom is 0.227 e. The van der Waals surface area contributed by atoms with E-state index in [-0.39, 0.29) is 18.9 Å². The Balaban J connectivity index is 1.82. The lowest BCUT2D eigenvalue weighted by Crippen LogP contribution is -2.16. The Morgan fingerprint density at radius 1 is 1.38 bits per heavy atom. The molecule has 0 aliphatic rings. The number of benzene rings is 1. The van der Waals surface area contributed by atoms with Crippen molar-refractivity contribution in [1.29, 1.82) is 0 Å². The van der Waals surface area contributed by atoms with Gasteiger partial charge >= 0.3 is 0 Å². The van der Waals surface area contributed by atoms with Gasteiger partial charge in [0.15, 0.2) is 0 Å². The van der Waals surface area contributed by atoms with Crippen LogP contribution in [0.3, 0.4) is 0 Å². The zero-order valence-corrected chi connectivity index (χ0v) is 13.2. The number of hydrogen-bond acceptors (Lipinski definition) is 4. The number of rotatable bonds is 5. The normalized spacial score (nSPS) is 10.2. The van der Waals surface area contributed by atoms with Crippen LogP contribution in [0.25, 0.3) is 0 Å². The molecular formula is C15H16BrN3O2. The topological polar surface area (TPSA) is 77.2 Å². The highest BCUT2D eigenvalue weighted by Gasteiger charge is 2.06. The highest BCUT2D eigenvalue weighted by atomic mass is 79.9. The lowest BCUT2D eigenvalue weighted by molar-refractivity contribution is -0.116. The summed E-state index contributed by atoms with van der Waals surface area (Å²) in [4.78, 5) is 16.1. The Hall–Kier alpha value is -2.08. The molecular weight excluding hydrogens is 334 g/mol. The molecule has 5 nitrogen and oxygen atoms in total. The Labute approximate surface area is 131 Å². The molecule has 3 N–H and O–H groups in total. The molecule has 0 bridgehead atoms. The summed E-state index contributed by atoms with van der Waals surface area (Å²) in [5.74, 6) is 0.537. The Kier molecular flexibility index (Phi) is 5.16. The molecule has 0 atom stereocenters. The third-order valence-corrected chi connectivity index (χ3v) is 3.22. The molecule has 6 heteroatoms. The van der Waals surface area contributed by atoms with E-state index in [1.54, 1.807) is 24.3 Å². The highest BCUT2D eigenvalue weighted by Crippen LogP contribution is 2.17. The number of carbonyl (C=O) groups is 1. The first kappa shape index (κ1) is 15.3. The van der Waals surface area contributed by atoms with E-state index in [0.29, 0.717) is 17.1 Å². The molecule has 0 saturated carbocycles. The molecule has 0 fully saturated rings. The number of hydrogen-bond donors (Lipinski definition) is 2. The minimum Gasteiger partial charge on any atom is -0.493 e. The zero-order valence-electron chi connectivity index (χ0n) is 11.6. The smallest absolute Gasteiger partial charge is 0.227 e. The first-order chi connectivity index (χ1) is 10.0. The fraction of sp³-hybridized carbons (Fsp3) is 0.200. The van der Waals surface area contributed by atoms with Crippen molar-refractivity contribution in [3.05, 3.63) is 46.7 Å². The number of halogens is 1. The van der Waals surface area contributed by atoms with Crippen molar-refractivity contribution in [2.45, 2.75) is 13.3 Å². The fourth-order valence-corrected chi connectivity index (χ4v) is 2.14. The summed E-state index contributed by atoms with van der Waals surface area (Å²) in [5, 5.41) is 2.81. The second kappa shape index (κ2) is 7.08. The SMILES string of the molecule is Cc1nc(Br)ccc1NC(=O)CCOc1cccc(N)c1. The van der Waals surface area contributed by atoms with E-state index in [0.717, 1.165) is 10.3 Å². The van der Waals surface area contributed by atoms with Gasteiger partial charge in [0.1, 0.15) is 10.4 Å². The van der Waals surface area contributed by atoms with Crippen LogP contribution in [0.15, 0.2) is 41.0 Å². The number of carbonyl (C=O) groups excluding carboxylic acids is 1. The summed E-state index contributed by atoms with van der Waals surface area (Å²) in [6, 6.07) is 10.7. The van der Waals surface area contributed by atoms with E-state index < -0.39 is 0 Å². The number of aromatic nitrogens is 1. The van der Waals surface area contributed by atoms with Crippen molar-refractivity contribution in [2.24, 2.45) is 0 Å². The van der Waals surface area contributed by atoms with E-state index in [4.69, 9.17) is 10.5 Å². The Morgan fingerprint density at radius 2 is 2.19 bits per heavy atom. The first-order valence-corrected chi connectivity index (χ1v) is 7.25. The van der Waals surface area contributed by atoms with Crippen LogP contribution in [0.2, 0.25) is 0 Å². The van der Waals surface area contributed by atoms with Crippen LogP contribution >= 0.6 is 15.9 Å². The molecule has 0 aliphatic carbocycles. The quantitative estimate of drug-likeness (QED) is 0.642. The van der Waals surface area contributed by atoms with Gasteiger partial charge in [-0.3, -0.25) is 4.79 Å². The molecule has 2 rings (SSSR count). The van der Waals surface area contributed by atoms with Gasteiger partial charge in [0.05, 0.1) is 24.4 Å². The van der Waals surface area contributed by atoms with Gasteiger partial charge in [-0.25, -0.2) is 4.98 Å². The molecule has 1 aromatic carbocycles. The van der Waals surface area contributed by atoms with E-state index in [2.05, 4.69) is 26.2 Å². The number of aryl methyl sites for hydroxylation is 1. The lowest BCUT2D eigenvalue weighted by Gasteiger charge is -2.09. The second-order valence-electron chi connectivity index (χ2n) is 4.49. The molecule has 2 aromatic rings. The van der Waals surface area contributed by atoms with Gasteiger partial charge in [-0.2, -0.15) is 0 Å². The highest BCUT2D eigenvalue weighted by molar-refractivity contribution is 9.10. The molecule has 110 valence electrons. The maximum absolute atomic E-state index is 11.9. The molecule has 0 unspecified atom stereocenters. The molecule has 0 radical (unpaired) electrons. The summed E-state index contributed by atoms with van der Waals surface area (Å²) in [5.41, 5.74) is 7.74. The van der Waals surface area contributed by atoms with Crippen LogP contribution in [0.5, 0.6) is 5.75 Å². The van der Waals surface area contributed by atoms with Crippen molar-refractivity contribution in [3.63, 3.8) is 0 Å². The van der Waals surface area contributed by atoms with Gasteiger partial charge in [0, 0.05) is 11.8 Å². The molecule has 0 aliphatic heterocycles. The Bertz CT molecular complexity index is 647. The lowest BCUT2D eigenvalue weighted by atomic mass is 10.3. The maximum atomic E-state index is 11.9. The van der Waals surface area contributed by atoms with Crippen LogP contribution in [0.4, 0.5) is 11.4 Å². The van der Waals surface area contributed by atoms with Crippen LogP contribution in [0.1, 0.15) is 12.1 Å². The van der Waals surface area contributed by atoms with Gasteiger partial charge in [-0.15, -0.1) is 0 Å². The number of amides is 1. The third kappa shape index (κ3) is 4.75. The van der Waals surface area contributed by atoms with Crippen molar-refractivity contribution in [2.75, 3.05) is 17.7 Å². The fourth-order valence-electron chi connectivity index (χ4n) is 1.74. The van der Waals surface area contributed by atoms with Crippen molar-refractivity contribution < 1.29 is 9.53 Å². The monoisotopic (exact) mass is 349 g/mol. The number of anilines is 2. The van der Waals surface area contributed by atoms with Crippen molar-refractivity contribution in [3.8, 4) is 5.75 Å². The van der Waals surface area contributed by atoms with Gasteiger partial charge in [0.25, 0.3) is 0 Å². The molecule has 21 heavy (non-hydrogen) atoms. The summed E-state index contributed by atoms with van der Waals surface area (Å²) < 4.78 is 6.22. The minimum absolute atomic E-state index is 0.119. The average Bonchev–Trinajstić information content (AvgIpc) is 2.42. The summed E-state index contributed by atoms with van der Waals surface area (Å²) in [6.07, 6.45) is 0.254. The second-order valence-corrected chi connectivity index (χ2v) is 5.30. The Morgan fingerprint density at radius 3 is 2.90 bits per heavy atom. The molecule has 1 amide bonds. The summed E-state index contributed by atoms with van der Waals surface area (Å²) >= 11 is 3.28. The predicted molar refractivity (Wildman–Crippen MR) is 86.3 cm³/mol. The van der Waals surface area contributed by atoms with Gasteiger partial charge in [0.2, 0.25) is 5.91 Å². The predicted octanol–water partition coefficient (Wildman–Crippen LogP) is 3.14. The standard InChI is InChI=1S/C15H16BrN3O2/c1-10-13(5-6-14(16)18-10)19-15(20)7-8-21-12-4-2-3-11(17)9-12/h2-6,9H,7-8,17H2,1H3,(H,19,20). The van der Waals surface area contributed by atoms with Gasteiger partial charge < -0.3 is 15.8 Å². The number of pyridine rings is 1. The molecule has 0 spiro atoms. The van der Waals surface area contributed by atoms with E-state index in [1.165, 1.54) is 0 Å².